The second-order valence-electron chi connectivity index (χ2n) is 6.06. The molecular formula is C15H18N4O3S. The van der Waals surface area contributed by atoms with Gasteiger partial charge >= 0.3 is 0 Å². The second-order valence-corrected chi connectivity index (χ2v) is 7.96. The maximum atomic E-state index is 12.9. The van der Waals surface area contributed by atoms with E-state index in [1.54, 1.807) is 23.2 Å². The molecule has 1 aliphatic heterocycles. The van der Waals surface area contributed by atoms with Crippen LogP contribution in [-0.2, 0) is 14.8 Å². The van der Waals surface area contributed by atoms with E-state index in [-0.39, 0.29) is 16.7 Å². The molecule has 0 radical (unpaired) electrons. The lowest BCUT2D eigenvalue weighted by Crippen LogP contribution is -2.50. The Morgan fingerprint density at radius 1 is 1.22 bits per heavy atom. The minimum atomic E-state index is -3.57. The third kappa shape index (κ3) is 2.51. The van der Waals surface area contributed by atoms with E-state index in [1.165, 1.54) is 10.5 Å². The average molecular weight is 334 g/mol. The number of piperazine rings is 1. The number of fused-ring (bicyclic) bond motifs is 1. The molecule has 8 heteroatoms. The summed E-state index contributed by atoms with van der Waals surface area (Å²) < 4.78 is 27.2. The van der Waals surface area contributed by atoms with E-state index < -0.39 is 10.0 Å². The van der Waals surface area contributed by atoms with E-state index >= 15 is 0 Å². The van der Waals surface area contributed by atoms with E-state index in [0.29, 0.717) is 37.2 Å². The van der Waals surface area contributed by atoms with Crippen molar-refractivity contribution >= 4 is 27.0 Å². The minimum absolute atomic E-state index is 0.179. The molecule has 0 bridgehead atoms. The van der Waals surface area contributed by atoms with Crippen LogP contribution in [0.2, 0.25) is 0 Å². The fourth-order valence-electron chi connectivity index (χ4n) is 3.02. The van der Waals surface area contributed by atoms with Crippen LogP contribution in [0.15, 0.2) is 29.4 Å². The first-order valence-corrected chi connectivity index (χ1v) is 9.22. The molecule has 23 heavy (non-hydrogen) atoms. The largest absolute Gasteiger partial charge is 0.345 e. The molecule has 1 amide bonds. The molecule has 2 aromatic rings. The smallest absolute Gasteiger partial charge is 0.245 e. The number of aromatic amines is 1. The van der Waals surface area contributed by atoms with Crippen LogP contribution in [0.1, 0.15) is 12.8 Å². The lowest BCUT2D eigenvalue weighted by molar-refractivity contribution is -0.133. The molecule has 1 aliphatic carbocycles. The number of rotatable bonds is 3. The predicted octanol–water partition coefficient (Wildman–Crippen LogP) is 0.806. The highest BCUT2D eigenvalue weighted by Crippen LogP contribution is 2.32. The summed E-state index contributed by atoms with van der Waals surface area (Å²) in [6.07, 6.45) is 5.06. The number of nitrogens with one attached hydrogen (secondary N) is 1. The van der Waals surface area contributed by atoms with Gasteiger partial charge in [-0.2, -0.15) is 4.31 Å². The molecule has 2 aliphatic rings. The van der Waals surface area contributed by atoms with Crippen molar-refractivity contribution in [1.82, 2.24) is 19.2 Å². The molecule has 7 nitrogen and oxygen atoms in total. The number of aromatic nitrogens is 2. The first-order valence-electron chi connectivity index (χ1n) is 7.78. The summed E-state index contributed by atoms with van der Waals surface area (Å²) in [5.74, 6) is 0.358. The highest BCUT2D eigenvalue weighted by molar-refractivity contribution is 7.89. The van der Waals surface area contributed by atoms with Gasteiger partial charge in [-0.1, -0.05) is 0 Å². The van der Waals surface area contributed by atoms with Gasteiger partial charge in [0.05, 0.1) is 0 Å². The van der Waals surface area contributed by atoms with Crippen molar-refractivity contribution in [2.45, 2.75) is 17.7 Å². The molecule has 1 saturated heterocycles. The van der Waals surface area contributed by atoms with Gasteiger partial charge in [0.2, 0.25) is 15.9 Å². The number of pyridine rings is 1. The number of sulfonamides is 1. The minimum Gasteiger partial charge on any atom is -0.345 e. The number of hydrogen-bond donors (Lipinski definition) is 1. The Kier molecular flexibility index (Phi) is 3.38. The van der Waals surface area contributed by atoms with Crippen LogP contribution < -0.4 is 0 Å². The fourth-order valence-corrected chi connectivity index (χ4v) is 4.59. The maximum Gasteiger partial charge on any atom is 0.245 e. The normalized spacial score (nSPS) is 20.1. The number of hydrogen-bond acceptors (Lipinski definition) is 4. The summed E-state index contributed by atoms with van der Waals surface area (Å²) >= 11 is 0. The number of carbonyl (C=O) groups is 1. The Balaban J connectivity index is 1.54. The zero-order valence-corrected chi connectivity index (χ0v) is 13.4. The molecule has 1 N–H and O–H groups in total. The van der Waals surface area contributed by atoms with Crippen molar-refractivity contribution in [1.29, 1.82) is 0 Å². The van der Waals surface area contributed by atoms with Crippen LogP contribution in [-0.4, -0.2) is 59.7 Å². The average Bonchev–Trinajstić information content (AvgIpc) is 3.32. The van der Waals surface area contributed by atoms with Gasteiger partial charge in [0.25, 0.3) is 0 Å². The highest BCUT2D eigenvalue weighted by Gasteiger charge is 2.37. The first-order chi connectivity index (χ1) is 11.1. The highest BCUT2D eigenvalue weighted by atomic mass is 32.2. The molecule has 0 aromatic carbocycles. The van der Waals surface area contributed by atoms with Gasteiger partial charge in [-0.25, -0.2) is 13.4 Å². The molecule has 2 aromatic heterocycles. The Morgan fingerprint density at radius 2 is 1.96 bits per heavy atom. The Morgan fingerprint density at radius 3 is 2.65 bits per heavy atom. The SMILES string of the molecule is O=C(C1CC1)N1CCN(S(=O)(=O)c2c[nH]c3ncccc23)CC1. The van der Waals surface area contributed by atoms with Crippen molar-refractivity contribution in [3.8, 4) is 0 Å². The van der Waals surface area contributed by atoms with Gasteiger partial charge in [-0.15, -0.1) is 0 Å². The van der Waals surface area contributed by atoms with Gasteiger partial charge in [0.15, 0.2) is 0 Å². The van der Waals surface area contributed by atoms with Crippen molar-refractivity contribution in [3.05, 3.63) is 24.5 Å². The van der Waals surface area contributed by atoms with Crippen molar-refractivity contribution in [2.75, 3.05) is 26.2 Å². The Hall–Kier alpha value is -1.93. The van der Waals surface area contributed by atoms with Crippen LogP contribution in [0.5, 0.6) is 0 Å². The standard InChI is InChI=1S/C15H18N4O3S/c20-15(11-3-4-11)18-6-8-19(9-7-18)23(21,22)13-10-17-14-12(13)2-1-5-16-14/h1-2,5,10-11H,3-4,6-9H2,(H,16,17). The van der Waals surface area contributed by atoms with Gasteiger partial charge in [-0.05, 0) is 25.0 Å². The lowest BCUT2D eigenvalue weighted by Gasteiger charge is -2.34. The number of nitrogens with zero attached hydrogens (tertiary/aromatic N) is 3. The quantitative estimate of drug-likeness (QED) is 0.900. The molecule has 0 unspecified atom stereocenters. The summed E-state index contributed by atoms with van der Waals surface area (Å²) in [6.45, 7) is 1.62. The Labute approximate surface area is 134 Å². The van der Waals surface area contributed by atoms with Gasteiger partial charge in [0, 0.05) is 49.9 Å². The third-order valence-electron chi connectivity index (χ3n) is 4.51. The predicted molar refractivity (Wildman–Crippen MR) is 84.2 cm³/mol. The molecule has 4 rings (SSSR count). The van der Waals surface area contributed by atoms with Crippen molar-refractivity contribution in [3.63, 3.8) is 0 Å². The van der Waals surface area contributed by atoms with E-state index in [2.05, 4.69) is 9.97 Å². The molecule has 1 saturated carbocycles. The van der Waals surface area contributed by atoms with Gasteiger partial charge in [-0.3, -0.25) is 4.79 Å². The number of carbonyl (C=O) groups excluding carboxylic acids is 1. The topological polar surface area (TPSA) is 86.4 Å². The molecule has 0 atom stereocenters. The van der Waals surface area contributed by atoms with Gasteiger partial charge in [0.1, 0.15) is 10.5 Å². The summed E-state index contributed by atoms with van der Waals surface area (Å²) in [4.78, 5) is 21.1. The van der Waals surface area contributed by atoms with Gasteiger partial charge < -0.3 is 9.88 Å². The van der Waals surface area contributed by atoms with E-state index in [4.69, 9.17) is 0 Å². The number of H-pyrrole nitrogens is 1. The van der Waals surface area contributed by atoms with Crippen LogP contribution in [0.25, 0.3) is 11.0 Å². The summed E-state index contributed by atoms with van der Waals surface area (Å²) in [5, 5.41) is 0.601. The second kappa shape index (κ2) is 5.31. The molecular weight excluding hydrogens is 316 g/mol. The third-order valence-corrected chi connectivity index (χ3v) is 6.45. The van der Waals surface area contributed by atoms with Crippen molar-refractivity contribution < 1.29 is 13.2 Å². The van der Waals surface area contributed by atoms with E-state index in [9.17, 15) is 13.2 Å². The maximum absolute atomic E-state index is 12.9. The summed E-state index contributed by atoms with van der Waals surface area (Å²) in [5.41, 5.74) is 0.564. The Bertz CT molecular complexity index is 848. The van der Waals surface area contributed by atoms with Crippen LogP contribution in [0.4, 0.5) is 0 Å². The van der Waals surface area contributed by atoms with Crippen LogP contribution >= 0.6 is 0 Å². The molecule has 2 fully saturated rings. The monoisotopic (exact) mass is 334 g/mol. The zero-order valence-electron chi connectivity index (χ0n) is 12.6. The molecule has 0 spiro atoms. The fraction of sp³-hybridized carbons (Fsp3) is 0.467. The summed E-state index contributed by atoms with van der Waals surface area (Å²) in [6, 6.07) is 3.47. The lowest BCUT2D eigenvalue weighted by atomic mass is 10.3. The van der Waals surface area contributed by atoms with Crippen molar-refractivity contribution in [2.24, 2.45) is 5.92 Å². The number of amides is 1. The molecule has 122 valence electrons. The van der Waals surface area contributed by atoms with E-state index in [0.717, 1.165) is 12.8 Å². The van der Waals surface area contributed by atoms with Crippen LogP contribution in [0.3, 0.4) is 0 Å². The zero-order chi connectivity index (χ0) is 16.0. The summed E-state index contributed by atoms with van der Waals surface area (Å²) in [7, 11) is -3.57. The van der Waals surface area contributed by atoms with E-state index in [1.807, 2.05) is 0 Å². The molecule has 3 heterocycles. The van der Waals surface area contributed by atoms with Crippen LogP contribution in [0, 0.1) is 5.92 Å². The first kappa shape index (κ1) is 14.6.